The molecule has 1 N–H and O–H groups in total. The van der Waals surface area contributed by atoms with E-state index < -0.39 is 24.4 Å². The van der Waals surface area contributed by atoms with Gasteiger partial charge in [0, 0.05) is 4.91 Å². The maximum atomic E-state index is 12.5. The van der Waals surface area contributed by atoms with Crippen molar-refractivity contribution >= 4 is 0 Å². The van der Waals surface area contributed by atoms with Gasteiger partial charge in [0.05, 0.1) is 18.2 Å². The number of benzene rings is 1. The highest BCUT2D eigenvalue weighted by Gasteiger charge is 2.34. The van der Waals surface area contributed by atoms with Crippen molar-refractivity contribution < 1.29 is 18.3 Å². The molecule has 1 aromatic carbocycles. The maximum Gasteiger partial charge on any atom is 0.416 e. The molecule has 0 amide bonds. The number of aliphatic hydroxyl groups excluding tert-OH is 1. The van der Waals surface area contributed by atoms with E-state index in [9.17, 15) is 18.3 Å². The van der Waals surface area contributed by atoms with Crippen LogP contribution >= 0.6 is 0 Å². The van der Waals surface area contributed by atoms with Crippen molar-refractivity contribution in [2.75, 3.05) is 6.54 Å². The molecule has 0 aromatic heterocycles. The van der Waals surface area contributed by atoms with Gasteiger partial charge in [0.1, 0.15) is 0 Å². The van der Waals surface area contributed by atoms with E-state index in [4.69, 9.17) is 5.53 Å². The smallest absolute Gasteiger partial charge is 0.388 e. The Morgan fingerprint density at radius 2 is 2.00 bits per heavy atom. The van der Waals surface area contributed by atoms with Crippen LogP contribution in [0.4, 0.5) is 13.2 Å². The second-order valence-electron chi connectivity index (χ2n) is 3.01. The van der Waals surface area contributed by atoms with Gasteiger partial charge in [-0.3, -0.25) is 0 Å². The minimum atomic E-state index is -4.53. The molecule has 7 heteroatoms. The van der Waals surface area contributed by atoms with Crippen LogP contribution in [0.2, 0.25) is 0 Å². The fraction of sp³-hybridized carbons (Fsp3) is 0.333. The Hall–Kier alpha value is -1.72. The van der Waals surface area contributed by atoms with Gasteiger partial charge in [-0.05, 0) is 17.2 Å². The summed E-state index contributed by atoms with van der Waals surface area (Å²) in [6.45, 7) is -0.427. The summed E-state index contributed by atoms with van der Waals surface area (Å²) in [5.41, 5.74) is 6.81. The standard InChI is InChI=1S/C9H8F3N3O/c10-9(11,12)7-4-2-1-3-6(7)8(16)5-14-15-13/h1-4,8,16H,5H2/t8-/m1/s1. The summed E-state index contributed by atoms with van der Waals surface area (Å²) in [6, 6.07) is 4.63. The van der Waals surface area contributed by atoms with Gasteiger partial charge in [-0.25, -0.2) is 0 Å². The molecule has 0 fully saturated rings. The predicted octanol–water partition coefficient (Wildman–Crippen LogP) is 3.05. The highest BCUT2D eigenvalue weighted by Crippen LogP contribution is 2.34. The molecule has 0 radical (unpaired) electrons. The second kappa shape index (κ2) is 4.87. The van der Waals surface area contributed by atoms with Crippen LogP contribution in [0, 0.1) is 0 Å². The number of alkyl halides is 3. The van der Waals surface area contributed by atoms with E-state index >= 15 is 0 Å². The first-order valence-corrected chi connectivity index (χ1v) is 4.32. The molecule has 0 unspecified atom stereocenters. The van der Waals surface area contributed by atoms with Crippen LogP contribution in [-0.2, 0) is 6.18 Å². The Morgan fingerprint density at radius 1 is 1.38 bits per heavy atom. The molecule has 0 spiro atoms. The summed E-state index contributed by atoms with van der Waals surface area (Å²) in [7, 11) is 0. The average Bonchev–Trinajstić information content (AvgIpc) is 2.24. The number of hydrogen-bond acceptors (Lipinski definition) is 2. The van der Waals surface area contributed by atoms with Crippen LogP contribution < -0.4 is 0 Å². The SMILES string of the molecule is [N-]=[N+]=NC[C@@H](O)c1ccccc1C(F)(F)F. The van der Waals surface area contributed by atoms with E-state index in [1.165, 1.54) is 12.1 Å². The van der Waals surface area contributed by atoms with Crippen LogP contribution in [0.25, 0.3) is 10.4 Å². The maximum absolute atomic E-state index is 12.5. The Balaban J connectivity index is 3.08. The Bertz CT molecular complexity index is 413. The zero-order chi connectivity index (χ0) is 12.2. The zero-order valence-electron chi connectivity index (χ0n) is 8.02. The summed E-state index contributed by atoms with van der Waals surface area (Å²) < 4.78 is 37.5. The second-order valence-corrected chi connectivity index (χ2v) is 3.01. The van der Waals surface area contributed by atoms with Crippen molar-refractivity contribution in [1.82, 2.24) is 0 Å². The normalized spacial score (nSPS) is 13.0. The number of rotatable bonds is 3. The third kappa shape index (κ3) is 2.88. The predicted molar refractivity (Wildman–Crippen MR) is 50.4 cm³/mol. The summed E-state index contributed by atoms with van der Waals surface area (Å²) in [5.74, 6) is 0. The van der Waals surface area contributed by atoms with E-state index in [1.807, 2.05) is 0 Å². The van der Waals surface area contributed by atoms with Crippen molar-refractivity contribution in [3.05, 3.63) is 45.8 Å². The average molecular weight is 231 g/mol. The Morgan fingerprint density at radius 3 is 2.56 bits per heavy atom. The number of azide groups is 1. The Kier molecular flexibility index (Phi) is 3.76. The lowest BCUT2D eigenvalue weighted by Crippen LogP contribution is -2.13. The topological polar surface area (TPSA) is 69.0 Å². The first-order valence-electron chi connectivity index (χ1n) is 4.32. The molecule has 1 atom stereocenters. The van der Waals surface area contributed by atoms with Gasteiger partial charge in [-0.1, -0.05) is 23.3 Å². The highest BCUT2D eigenvalue weighted by atomic mass is 19.4. The van der Waals surface area contributed by atoms with Gasteiger partial charge < -0.3 is 5.11 Å². The van der Waals surface area contributed by atoms with Crippen molar-refractivity contribution in [3.63, 3.8) is 0 Å². The number of aliphatic hydroxyl groups is 1. The molecule has 1 rings (SSSR count). The molecule has 1 aromatic rings. The van der Waals surface area contributed by atoms with Crippen LogP contribution in [0.15, 0.2) is 29.4 Å². The van der Waals surface area contributed by atoms with Gasteiger partial charge in [0.15, 0.2) is 0 Å². The molecule has 0 heterocycles. The number of hydrogen-bond donors (Lipinski definition) is 1. The van der Waals surface area contributed by atoms with Crippen molar-refractivity contribution in [1.29, 1.82) is 0 Å². The highest BCUT2D eigenvalue weighted by molar-refractivity contribution is 5.31. The molecule has 4 nitrogen and oxygen atoms in total. The Labute approximate surface area is 89.0 Å². The monoisotopic (exact) mass is 231 g/mol. The third-order valence-corrected chi connectivity index (χ3v) is 1.94. The molecule has 0 bridgehead atoms. The summed E-state index contributed by atoms with van der Waals surface area (Å²) >= 11 is 0. The van der Waals surface area contributed by atoms with Gasteiger partial charge >= 0.3 is 6.18 Å². The first kappa shape index (κ1) is 12.4. The van der Waals surface area contributed by atoms with Gasteiger partial charge in [0.25, 0.3) is 0 Å². The van der Waals surface area contributed by atoms with E-state index in [-0.39, 0.29) is 5.56 Å². The third-order valence-electron chi connectivity index (χ3n) is 1.94. The first-order chi connectivity index (χ1) is 7.46. The van der Waals surface area contributed by atoms with Crippen LogP contribution in [0.1, 0.15) is 17.2 Å². The minimum absolute atomic E-state index is 0.289. The van der Waals surface area contributed by atoms with Gasteiger partial charge in [-0.15, -0.1) is 0 Å². The van der Waals surface area contributed by atoms with Crippen molar-refractivity contribution in [2.45, 2.75) is 12.3 Å². The van der Waals surface area contributed by atoms with Crippen molar-refractivity contribution in [2.24, 2.45) is 5.11 Å². The fourth-order valence-electron chi connectivity index (χ4n) is 1.26. The van der Waals surface area contributed by atoms with E-state index in [2.05, 4.69) is 10.0 Å². The molecule has 0 saturated carbocycles. The number of halogens is 3. The minimum Gasteiger partial charge on any atom is -0.388 e. The van der Waals surface area contributed by atoms with Crippen LogP contribution in [0.5, 0.6) is 0 Å². The van der Waals surface area contributed by atoms with Gasteiger partial charge in [-0.2, -0.15) is 13.2 Å². The molecule has 0 aliphatic heterocycles. The lowest BCUT2D eigenvalue weighted by Gasteiger charge is -2.15. The quantitative estimate of drug-likeness (QED) is 0.484. The molecule has 0 saturated heterocycles. The lowest BCUT2D eigenvalue weighted by atomic mass is 10.0. The van der Waals surface area contributed by atoms with E-state index in [1.54, 1.807) is 0 Å². The lowest BCUT2D eigenvalue weighted by molar-refractivity contribution is -0.139. The van der Waals surface area contributed by atoms with E-state index in [0.29, 0.717) is 0 Å². The van der Waals surface area contributed by atoms with Crippen LogP contribution in [0.3, 0.4) is 0 Å². The van der Waals surface area contributed by atoms with E-state index in [0.717, 1.165) is 12.1 Å². The van der Waals surface area contributed by atoms with Crippen molar-refractivity contribution in [3.8, 4) is 0 Å². The van der Waals surface area contributed by atoms with Gasteiger partial charge in [0.2, 0.25) is 0 Å². The van der Waals surface area contributed by atoms with Crippen LogP contribution in [-0.4, -0.2) is 11.7 Å². The molecular weight excluding hydrogens is 223 g/mol. The molecule has 86 valence electrons. The molecule has 16 heavy (non-hydrogen) atoms. The fourth-order valence-corrected chi connectivity index (χ4v) is 1.26. The summed E-state index contributed by atoms with van der Waals surface area (Å²) in [4.78, 5) is 2.38. The summed E-state index contributed by atoms with van der Waals surface area (Å²) in [5, 5.41) is 12.5. The largest absolute Gasteiger partial charge is 0.416 e. The molecule has 0 aliphatic carbocycles. The number of nitrogens with zero attached hydrogens (tertiary/aromatic N) is 3. The molecular formula is C9H8F3N3O. The zero-order valence-corrected chi connectivity index (χ0v) is 8.02. The summed E-state index contributed by atoms with van der Waals surface area (Å²) in [6.07, 6.45) is -5.98. The molecule has 0 aliphatic rings.